The second kappa shape index (κ2) is 11.1. The first-order chi connectivity index (χ1) is 11.2. The Hall–Kier alpha value is 0.270. The summed E-state index contributed by atoms with van der Waals surface area (Å²) in [7, 11) is 1.91. The van der Waals surface area contributed by atoms with Gasteiger partial charge in [0.15, 0.2) is 5.96 Å². The molecule has 2 heterocycles. The summed E-state index contributed by atoms with van der Waals surface area (Å²) in [5.74, 6) is 1.07. The molecule has 0 amide bonds. The molecular formula is C17H35IN4OS. The van der Waals surface area contributed by atoms with Crippen LogP contribution >= 0.6 is 35.7 Å². The average Bonchev–Trinajstić information content (AvgIpc) is 3.07. The van der Waals surface area contributed by atoms with Crippen molar-refractivity contribution in [2.75, 3.05) is 59.2 Å². The number of likely N-dealkylation sites (tertiary alicyclic amines) is 1. The van der Waals surface area contributed by atoms with Gasteiger partial charge in [-0.3, -0.25) is 9.89 Å². The highest BCUT2D eigenvalue weighted by Crippen LogP contribution is 2.33. The predicted molar refractivity (Wildman–Crippen MR) is 116 cm³/mol. The van der Waals surface area contributed by atoms with E-state index in [2.05, 4.69) is 40.2 Å². The van der Waals surface area contributed by atoms with Gasteiger partial charge < -0.3 is 15.0 Å². The minimum Gasteiger partial charge on any atom is -0.381 e. The number of aliphatic imine (C=N–C) groups is 1. The van der Waals surface area contributed by atoms with Gasteiger partial charge in [0.05, 0.1) is 0 Å². The highest BCUT2D eigenvalue weighted by Gasteiger charge is 2.33. The number of nitrogens with zero attached hydrogens (tertiary/aromatic N) is 3. The van der Waals surface area contributed by atoms with Crippen molar-refractivity contribution < 1.29 is 4.74 Å². The van der Waals surface area contributed by atoms with Gasteiger partial charge in [0.2, 0.25) is 0 Å². The molecule has 7 heteroatoms. The molecule has 0 aromatic rings. The maximum absolute atomic E-state index is 5.54. The lowest BCUT2D eigenvalue weighted by Gasteiger charge is -2.37. The van der Waals surface area contributed by atoms with Crippen LogP contribution in [0.5, 0.6) is 0 Å². The summed E-state index contributed by atoms with van der Waals surface area (Å²) in [5, 5.41) is 3.65. The lowest BCUT2D eigenvalue weighted by molar-refractivity contribution is 0.0781. The lowest BCUT2D eigenvalue weighted by Crippen LogP contribution is -2.49. The van der Waals surface area contributed by atoms with Crippen LogP contribution in [-0.4, -0.2) is 85.8 Å². The van der Waals surface area contributed by atoms with E-state index in [-0.39, 0.29) is 24.0 Å². The summed E-state index contributed by atoms with van der Waals surface area (Å²) in [6, 6.07) is 0.668. The van der Waals surface area contributed by atoms with Gasteiger partial charge in [-0.05, 0) is 38.6 Å². The molecule has 0 aromatic carbocycles. The molecule has 1 atom stereocenters. The van der Waals surface area contributed by atoms with Crippen LogP contribution in [0.25, 0.3) is 0 Å². The van der Waals surface area contributed by atoms with E-state index in [0.29, 0.717) is 10.8 Å². The van der Waals surface area contributed by atoms with Crippen LogP contribution in [0.1, 0.15) is 33.1 Å². The van der Waals surface area contributed by atoms with Crippen molar-refractivity contribution in [1.82, 2.24) is 15.1 Å². The fraction of sp³-hybridized carbons (Fsp3) is 0.941. The van der Waals surface area contributed by atoms with Crippen molar-refractivity contribution in [2.24, 2.45) is 4.99 Å². The number of hydrogen-bond donors (Lipinski definition) is 1. The lowest BCUT2D eigenvalue weighted by atomic mass is 9.99. The van der Waals surface area contributed by atoms with Crippen molar-refractivity contribution >= 4 is 41.7 Å². The molecule has 1 unspecified atom stereocenters. The molecule has 2 saturated heterocycles. The number of guanidine groups is 1. The summed E-state index contributed by atoms with van der Waals surface area (Å²) in [4.78, 5) is 9.53. The zero-order valence-corrected chi connectivity index (χ0v) is 18.9. The highest BCUT2D eigenvalue weighted by atomic mass is 127. The number of halogens is 1. The Bertz CT molecular complexity index is 387. The fourth-order valence-corrected chi connectivity index (χ4v) is 4.53. The third-order valence-corrected chi connectivity index (χ3v) is 6.83. The zero-order valence-electron chi connectivity index (χ0n) is 15.7. The molecule has 0 spiro atoms. The second-order valence-electron chi connectivity index (χ2n) is 6.51. The normalized spacial score (nSPS) is 24.1. The van der Waals surface area contributed by atoms with Gasteiger partial charge in [-0.15, -0.1) is 24.0 Å². The first-order valence-electron chi connectivity index (χ1n) is 9.00. The maximum atomic E-state index is 5.54. The summed E-state index contributed by atoms with van der Waals surface area (Å²) in [5.41, 5.74) is 0. The van der Waals surface area contributed by atoms with Gasteiger partial charge in [-0.1, -0.05) is 13.8 Å². The largest absolute Gasteiger partial charge is 0.381 e. The molecule has 1 N–H and O–H groups in total. The number of likely N-dealkylation sites (N-methyl/N-ethyl adjacent to an activating group) is 1. The Labute approximate surface area is 169 Å². The Morgan fingerprint density at radius 2 is 2.00 bits per heavy atom. The van der Waals surface area contributed by atoms with E-state index in [1.54, 1.807) is 0 Å². The van der Waals surface area contributed by atoms with Crippen LogP contribution in [0.3, 0.4) is 0 Å². The quantitative estimate of drug-likeness (QED) is 0.367. The summed E-state index contributed by atoms with van der Waals surface area (Å²) < 4.78 is 5.84. The molecule has 2 rings (SSSR count). The summed E-state index contributed by atoms with van der Waals surface area (Å²) >= 11 is 1.98. The molecule has 5 nitrogen and oxygen atoms in total. The third kappa shape index (κ3) is 5.64. The van der Waals surface area contributed by atoms with Gasteiger partial charge >= 0.3 is 0 Å². The van der Waals surface area contributed by atoms with Crippen LogP contribution in [0.4, 0.5) is 0 Å². The monoisotopic (exact) mass is 470 g/mol. The summed E-state index contributed by atoms with van der Waals surface area (Å²) in [6.45, 7) is 11.7. The maximum Gasteiger partial charge on any atom is 0.193 e. The van der Waals surface area contributed by atoms with E-state index >= 15 is 0 Å². The average molecular weight is 470 g/mol. The first-order valence-corrected chi connectivity index (χ1v) is 10.2. The molecule has 0 aromatic heterocycles. The number of ether oxygens (including phenoxy) is 1. The molecule has 0 bridgehead atoms. The van der Waals surface area contributed by atoms with Crippen LogP contribution < -0.4 is 5.32 Å². The minimum absolute atomic E-state index is 0. The SMILES string of the molecule is CCN(CC)C1CCN(C(=NC)NCC2(SC)CCOCC2)C1.I. The number of thioether (sulfide) groups is 1. The van der Waals surface area contributed by atoms with Crippen molar-refractivity contribution in [3.05, 3.63) is 0 Å². The number of nitrogens with one attached hydrogen (secondary N) is 1. The van der Waals surface area contributed by atoms with Crippen molar-refractivity contribution in [1.29, 1.82) is 0 Å². The Kier molecular flexibility index (Phi) is 10.3. The second-order valence-corrected chi connectivity index (χ2v) is 7.78. The van der Waals surface area contributed by atoms with E-state index in [1.165, 1.54) is 6.42 Å². The molecule has 0 saturated carbocycles. The standard InChI is InChI=1S/C17H34N4OS.HI/c1-5-20(6-2)15-7-10-21(13-15)16(18-3)19-14-17(23-4)8-11-22-12-9-17;/h15H,5-14H2,1-4H3,(H,18,19);1H. The van der Waals surface area contributed by atoms with E-state index in [4.69, 9.17) is 4.74 Å². The predicted octanol–water partition coefficient (Wildman–Crippen LogP) is 2.51. The van der Waals surface area contributed by atoms with Crippen LogP contribution in [0.2, 0.25) is 0 Å². The van der Waals surface area contributed by atoms with Crippen LogP contribution in [0, 0.1) is 0 Å². The van der Waals surface area contributed by atoms with E-state index in [0.717, 1.165) is 64.7 Å². The van der Waals surface area contributed by atoms with Crippen molar-refractivity contribution in [3.8, 4) is 0 Å². The van der Waals surface area contributed by atoms with Gasteiger partial charge in [-0.25, -0.2) is 0 Å². The first kappa shape index (κ1) is 22.3. The molecule has 0 aliphatic carbocycles. The zero-order chi connectivity index (χ0) is 16.7. The van der Waals surface area contributed by atoms with Crippen LogP contribution in [-0.2, 0) is 4.74 Å². The molecular weight excluding hydrogens is 435 g/mol. The number of hydrogen-bond acceptors (Lipinski definition) is 4. The van der Waals surface area contributed by atoms with Crippen LogP contribution in [0.15, 0.2) is 4.99 Å². The minimum atomic E-state index is 0. The molecule has 0 radical (unpaired) electrons. The fourth-order valence-electron chi connectivity index (χ4n) is 3.74. The Balaban J connectivity index is 0.00000288. The Morgan fingerprint density at radius 1 is 1.33 bits per heavy atom. The molecule has 2 aliphatic rings. The van der Waals surface area contributed by atoms with Gasteiger partial charge in [0, 0.05) is 50.7 Å². The van der Waals surface area contributed by atoms with E-state index in [1.807, 2.05) is 18.8 Å². The molecule has 24 heavy (non-hydrogen) atoms. The molecule has 2 aliphatic heterocycles. The summed E-state index contributed by atoms with van der Waals surface area (Å²) in [6.07, 6.45) is 5.71. The molecule has 142 valence electrons. The smallest absolute Gasteiger partial charge is 0.193 e. The third-order valence-electron chi connectivity index (χ3n) is 5.41. The van der Waals surface area contributed by atoms with Gasteiger partial charge in [0.25, 0.3) is 0 Å². The van der Waals surface area contributed by atoms with E-state index < -0.39 is 0 Å². The van der Waals surface area contributed by atoms with Crippen molar-refractivity contribution in [3.63, 3.8) is 0 Å². The van der Waals surface area contributed by atoms with Gasteiger partial charge in [-0.2, -0.15) is 11.8 Å². The highest BCUT2D eigenvalue weighted by molar-refractivity contribution is 14.0. The molecule has 2 fully saturated rings. The van der Waals surface area contributed by atoms with Gasteiger partial charge in [0.1, 0.15) is 0 Å². The van der Waals surface area contributed by atoms with E-state index in [9.17, 15) is 0 Å². The van der Waals surface area contributed by atoms with Crippen molar-refractivity contribution in [2.45, 2.75) is 43.9 Å². The topological polar surface area (TPSA) is 40.1 Å². The number of rotatable bonds is 6. The Morgan fingerprint density at radius 3 is 2.54 bits per heavy atom.